The summed E-state index contributed by atoms with van der Waals surface area (Å²) in [6.07, 6.45) is 12.0. The SMILES string of the molecule is CCCc1ccnc(NC(=O)c2ccc(-c3nc([C@@H]4CCCN4C(=O)C=CCOC)n4ccnc(N)c34)cc2)c1. The van der Waals surface area contributed by atoms with Gasteiger partial charge in [-0.3, -0.25) is 14.0 Å². The zero-order valence-electron chi connectivity index (χ0n) is 22.7. The number of nitrogens with zero attached hydrogens (tertiary/aromatic N) is 5. The van der Waals surface area contributed by atoms with Crippen LogP contribution in [0.4, 0.5) is 11.6 Å². The van der Waals surface area contributed by atoms with E-state index in [0.29, 0.717) is 41.6 Å². The number of amides is 2. The number of nitrogen functional groups attached to an aromatic ring is 1. The summed E-state index contributed by atoms with van der Waals surface area (Å²) in [4.78, 5) is 41.2. The van der Waals surface area contributed by atoms with Crippen LogP contribution in [0.2, 0.25) is 0 Å². The van der Waals surface area contributed by atoms with Gasteiger partial charge in [-0.25, -0.2) is 15.0 Å². The molecule has 0 aliphatic carbocycles. The first-order valence-electron chi connectivity index (χ1n) is 13.5. The van der Waals surface area contributed by atoms with Crippen LogP contribution in [0.3, 0.4) is 0 Å². The van der Waals surface area contributed by atoms with Gasteiger partial charge in [0.15, 0.2) is 0 Å². The van der Waals surface area contributed by atoms with E-state index in [1.165, 1.54) is 0 Å². The van der Waals surface area contributed by atoms with Gasteiger partial charge < -0.3 is 20.7 Å². The molecule has 0 saturated carbocycles. The number of anilines is 2. The van der Waals surface area contributed by atoms with E-state index in [4.69, 9.17) is 15.5 Å². The van der Waals surface area contributed by atoms with Gasteiger partial charge in [0.1, 0.15) is 28.7 Å². The maximum atomic E-state index is 12.9. The van der Waals surface area contributed by atoms with Crippen LogP contribution in [0.15, 0.2) is 67.1 Å². The highest BCUT2D eigenvalue weighted by Crippen LogP contribution is 2.36. The van der Waals surface area contributed by atoms with Crippen molar-refractivity contribution in [2.24, 2.45) is 0 Å². The standard InChI is InChI=1S/C30H33N7O3/c1-3-6-20-13-14-32-24(19-20)34-30(39)22-11-9-21(10-12-22)26-27-28(31)33-15-17-37(27)29(35-26)23-7-4-16-36(23)25(38)8-5-18-40-2/h5,8-15,17,19,23H,3-4,6-7,16,18H2,1-2H3,(H2,31,33)(H,32,34,39)/t23-/m0/s1. The molecule has 10 nitrogen and oxygen atoms in total. The fourth-order valence-corrected chi connectivity index (χ4v) is 5.12. The number of hydrogen-bond donors (Lipinski definition) is 2. The highest BCUT2D eigenvalue weighted by atomic mass is 16.5. The Labute approximate surface area is 232 Å². The average molecular weight is 540 g/mol. The molecule has 0 radical (unpaired) electrons. The summed E-state index contributed by atoms with van der Waals surface area (Å²) < 4.78 is 6.95. The summed E-state index contributed by atoms with van der Waals surface area (Å²) in [7, 11) is 1.59. The molecule has 40 heavy (non-hydrogen) atoms. The van der Waals surface area contributed by atoms with Crippen LogP contribution in [-0.4, -0.2) is 56.3 Å². The number of rotatable bonds is 9. The highest BCUT2D eigenvalue weighted by Gasteiger charge is 2.33. The Morgan fingerprint density at radius 3 is 2.77 bits per heavy atom. The second-order valence-corrected chi connectivity index (χ2v) is 9.73. The van der Waals surface area contributed by atoms with E-state index in [0.717, 1.165) is 42.6 Å². The molecule has 3 N–H and O–H groups in total. The number of benzene rings is 1. The van der Waals surface area contributed by atoms with E-state index in [1.807, 2.05) is 39.8 Å². The Hall–Kier alpha value is -4.57. The molecule has 10 heteroatoms. The largest absolute Gasteiger partial charge is 0.382 e. The number of aryl methyl sites for hydroxylation is 1. The molecule has 1 atom stereocenters. The normalized spacial score (nSPS) is 15.2. The van der Waals surface area contributed by atoms with Crippen LogP contribution in [0, 0.1) is 0 Å². The first-order valence-corrected chi connectivity index (χ1v) is 13.5. The number of fused-ring (bicyclic) bond motifs is 1. The Bertz CT molecular complexity index is 1540. The van der Waals surface area contributed by atoms with Crippen molar-refractivity contribution in [2.75, 3.05) is 31.3 Å². The van der Waals surface area contributed by atoms with Gasteiger partial charge in [-0.2, -0.15) is 0 Å². The quantitative estimate of drug-likeness (QED) is 0.301. The molecular weight excluding hydrogens is 506 g/mol. The lowest BCUT2D eigenvalue weighted by Gasteiger charge is -2.22. The van der Waals surface area contributed by atoms with Crippen LogP contribution in [0.25, 0.3) is 16.8 Å². The summed E-state index contributed by atoms with van der Waals surface area (Å²) in [6.45, 7) is 3.13. The second kappa shape index (κ2) is 12.1. The van der Waals surface area contributed by atoms with Crippen molar-refractivity contribution in [1.82, 2.24) is 24.3 Å². The maximum absolute atomic E-state index is 12.9. The summed E-state index contributed by atoms with van der Waals surface area (Å²) in [5.41, 5.74) is 10.1. The molecule has 5 rings (SSSR count). The smallest absolute Gasteiger partial charge is 0.256 e. The maximum Gasteiger partial charge on any atom is 0.256 e. The van der Waals surface area contributed by atoms with E-state index in [2.05, 4.69) is 22.2 Å². The highest BCUT2D eigenvalue weighted by molar-refractivity contribution is 6.04. The molecule has 0 spiro atoms. The zero-order valence-corrected chi connectivity index (χ0v) is 22.7. The molecule has 1 fully saturated rings. The molecule has 4 heterocycles. The predicted octanol–water partition coefficient (Wildman–Crippen LogP) is 4.44. The lowest BCUT2D eigenvalue weighted by molar-refractivity contribution is -0.127. The van der Waals surface area contributed by atoms with Crippen molar-refractivity contribution >= 4 is 29.0 Å². The number of hydrogen-bond acceptors (Lipinski definition) is 7. The number of nitrogens with two attached hydrogens (primary N) is 1. The lowest BCUT2D eigenvalue weighted by Crippen LogP contribution is -2.30. The topological polar surface area (TPSA) is 128 Å². The van der Waals surface area contributed by atoms with Crippen molar-refractivity contribution in [2.45, 2.75) is 38.6 Å². The average Bonchev–Trinajstić information content (AvgIpc) is 3.59. The van der Waals surface area contributed by atoms with E-state index in [9.17, 15) is 9.59 Å². The Kier molecular flexibility index (Phi) is 8.16. The van der Waals surface area contributed by atoms with Crippen molar-refractivity contribution in [1.29, 1.82) is 0 Å². The van der Waals surface area contributed by atoms with Gasteiger partial charge in [0.05, 0.1) is 12.6 Å². The number of nitrogens with one attached hydrogen (secondary N) is 1. The number of methoxy groups -OCH3 is 1. The number of ether oxygens (including phenoxy) is 1. The monoisotopic (exact) mass is 539 g/mol. The molecule has 4 aromatic rings. The molecule has 1 aromatic carbocycles. The minimum Gasteiger partial charge on any atom is -0.382 e. The van der Waals surface area contributed by atoms with Gasteiger partial charge in [0.2, 0.25) is 5.91 Å². The minimum absolute atomic E-state index is 0.0787. The molecule has 3 aromatic heterocycles. The summed E-state index contributed by atoms with van der Waals surface area (Å²) in [5.74, 6) is 1.27. The Balaban J connectivity index is 1.43. The minimum atomic E-state index is -0.245. The van der Waals surface area contributed by atoms with Gasteiger partial charge in [0, 0.05) is 49.4 Å². The summed E-state index contributed by atoms with van der Waals surface area (Å²) in [6, 6.07) is 10.8. The Morgan fingerprint density at radius 1 is 1.18 bits per heavy atom. The van der Waals surface area contributed by atoms with Crippen LogP contribution < -0.4 is 11.1 Å². The molecule has 0 bridgehead atoms. The molecule has 206 valence electrons. The number of aromatic nitrogens is 4. The summed E-state index contributed by atoms with van der Waals surface area (Å²) >= 11 is 0. The van der Waals surface area contributed by atoms with E-state index >= 15 is 0 Å². The third-order valence-electron chi connectivity index (χ3n) is 6.99. The van der Waals surface area contributed by atoms with E-state index in [-0.39, 0.29) is 17.9 Å². The van der Waals surface area contributed by atoms with Gasteiger partial charge in [-0.1, -0.05) is 31.6 Å². The fourth-order valence-electron chi connectivity index (χ4n) is 5.12. The van der Waals surface area contributed by atoms with Gasteiger partial charge in [0.25, 0.3) is 5.91 Å². The van der Waals surface area contributed by atoms with Crippen LogP contribution in [0.5, 0.6) is 0 Å². The molecule has 2 amide bonds. The van der Waals surface area contributed by atoms with Gasteiger partial charge >= 0.3 is 0 Å². The first kappa shape index (κ1) is 27.0. The molecule has 1 saturated heterocycles. The van der Waals surface area contributed by atoms with Crippen molar-refractivity contribution < 1.29 is 14.3 Å². The van der Waals surface area contributed by atoms with E-state index in [1.54, 1.807) is 43.8 Å². The van der Waals surface area contributed by atoms with Crippen molar-refractivity contribution in [3.05, 3.63) is 84.1 Å². The lowest BCUT2D eigenvalue weighted by atomic mass is 10.1. The zero-order chi connectivity index (χ0) is 28.1. The molecule has 1 aliphatic rings. The predicted molar refractivity (Wildman–Crippen MR) is 154 cm³/mol. The van der Waals surface area contributed by atoms with Crippen LogP contribution in [-0.2, 0) is 16.0 Å². The number of likely N-dealkylation sites (tertiary alicyclic amines) is 1. The number of imidazole rings is 1. The van der Waals surface area contributed by atoms with Crippen LogP contribution >= 0.6 is 0 Å². The third kappa shape index (κ3) is 5.57. The van der Waals surface area contributed by atoms with Gasteiger partial charge in [-0.05, 0) is 49.1 Å². The van der Waals surface area contributed by atoms with E-state index < -0.39 is 0 Å². The summed E-state index contributed by atoms with van der Waals surface area (Å²) in [5, 5.41) is 2.88. The number of carbonyl (C=O) groups excluding carboxylic acids is 2. The number of pyridine rings is 1. The second-order valence-electron chi connectivity index (χ2n) is 9.73. The van der Waals surface area contributed by atoms with Crippen LogP contribution in [0.1, 0.15) is 54.0 Å². The Morgan fingerprint density at radius 2 is 2.00 bits per heavy atom. The first-order chi connectivity index (χ1) is 19.5. The van der Waals surface area contributed by atoms with Gasteiger partial charge in [-0.15, -0.1) is 0 Å². The van der Waals surface area contributed by atoms with Crippen molar-refractivity contribution in [3.63, 3.8) is 0 Å². The number of carbonyl (C=O) groups is 2. The fraction of sp³-hybridized carbons (Fsp3) is 0.300. The molecular formula is C30H33N7O3. The van der Waals surface area contributed by atoms with Crippen molar-refractivity contribution in [3.8, 4) is 11.3 Å². The third-order valence-corrected chi connectivity index (χ3v) is 6.99. The molecule has 0 unspecified atom stereocenters. The molecule has 1 aliphatic heterocycles.